The standard InChI is InChI=1S/2C16H14F4N4O2.2C2H6/c1-9(17)15-22-21-14-6-4-12(23-24(14)15)10-3-5-13(26-16(18,19)20)11(7-10)8-25-2;1-9(17)15-22-21-14-6-5-13(23-24(14)15)12-4-3-11(26-16(18,19)20)7-10(12)8-25-2;2*1-2/h2*3-7,9H,8H2,1-2H3;2*1-2H3. The SMILES string of the molecule is CC.CC.COCc1cc(-c2ccc3nnc(C(C)F)n3n2)ccc1OC(F)(F)F.COCc1cc(OC(F)(F)F)ccc1-c1ccc2nnc(C(C)F)n2n1. The molecule has 6 aromatic rings. The second-order valence-electron chi connectivity index (χ2n) is 10.9. The third kappa shape index (κ3) is 11.8. The van der Waals surface area contributed by atoms with Gasteiger partial charge in [0, 0.05) is 30.9 Å². The topological polar surface area (TPSA) is 123 Å². The summed E-state index contributed by atoms with van der Waals surface area (Å²) in [6.07, 6.45) is -12.4. The van der Waals surface area contributed by atoms with Crippen LogP contribution in [-0.2, 0) is 22.7 Å². The van der Waals surface area contributed by atoms with Crippen LogP contribution in [0.3, 0.4) is 0 Å². The van der Waals surface area contributed by atoms with E-state index in [0.717, 1.165) is 0 Å². The Hall–Kier alpha value is -5.50. The lowest BCUT2D eigenvalue weighted by Crippen LogP contribution is -2.18. The predicted molar refractivity (Wildman–Crippen MR) is 189 cm³/mol. The van der Waals surface area contributed by atoms with Crippen LogP contribution in [0.25, 0.3) is 33.8 Å². The van der Waals surface area contributed by atoms with Crippen LogP contribution in [-0.4, -0.2) is 66.6 Å². The third-order valence-corrected chi connectivity index (χ3v) is 7.05. The van der Waals surface area contributed by atoms with E-state index in [9.17, 15) is 35.1 Å². The maximum absolute atomic E-state index is 13.6. The highest BCUT2D eigenvalue weighted by Gasteiger charge is 2.33. The summed E-state index contributed by atoms with van der Waals surface area (Å²) >= 11 is 0. The Kier molecular flexibility index (Phi) is 16.0. The molecule has 0 fully saturated rings. The van der Waals surface area contributed by atoms with E-state index < -0.39 is 25.1 Å². The van der Waals surface area contributed by atoms with Crippen molar-refractivity contribution in [2.24, 2.45) is 0 Å². The number of hydrogen-bond acceptors (Lipinski definition) is 10. The molecule has 0 saturated carbocycles. The van der Waals surface area contributed by atoms with Crippen LogP contribution in [0.1, 0.15) is 76.7 Å². The van der Waals surface area contributed by atoms with E-state index >= 15 is 0 Å². The average molecular weight is 801 g/mol. The fraction of sp³-hybridized carbons (Fsp3) is 0.389. The smallest absolute Gasteiger partial charge is 0.406 e. The van der Waals surface area contributed by atoms with Gasteiger partial charge in [-0.2, -0.15) is 19.2 Å². The van der Waals surface area contributed by atoms with Gasteiger partial charge in [0.05, 0.1) is 24.6 Å². The van der Waals surface area contributed by atoms with Crippen LogP contribution >= 0.6 is 0 Å². The van der Waals surface area contributed by atoms with E-state index in [4.69, 9.17) is 9.47 Å². The molecule has 20 heteroatoms. The van der Waals surface area contributed by atoms with E-state index in [1.54, 1.807) is 24.3 Å². The predicted octanol–water partition coefficient (Wildman–Crippen LogP) is 9.79. The van der Waals surface area contributed by atoms with Gasteiger partial charge in [0.2, 0.25) is 0 Å². The molecule has 0 spiro atoms. The fourth-order valence-corrected chi connectivity index (χ4v) is 4.93. The zero-order valence-electron chi connectivity index (χ0n) is 31.6. The van der Waals surface area contributed by atoms with Crippen molar-refractivity contribution in [3.63, 3.8) is 0 Å². The number of rotatable bonds is 10. The monoisotopic (exact) mass is 800 g/mol. The quantitative estimate of drug-likeness (QED) is 0.124. The van der Waals surface area contributed by atoms with E-state index in [0.29, 0.717) is 39.4 Å². The lowest BCUT2D eigenvalue weighted by Gasteiger charge is -2.14. The molecule has 4 aromatic heterocycles. The van der Waals surface area contributed by atoms with Gasteiger partial charge in [-0.3, -0.25) is 0 Å². The van der Waals surface area contributed by atoms with E-state index in [1.807, 2.05) is 27.7 Å². The van der Waals surface area contributed by atoms with Gasteiger partial charge >= 0.3 is 12.7 Å². The van der Waals surface area contributed by atoms with Gasteiger partial charge in [-0.1, -0.05) is 27.7 Å². The van der Waals surface area contributed by atoms with Gasteiger partial charge < -0.3 is 18.9 Å². The third-order valence-electron chi connectivity index (χ3n) is 7.05. The summed E-state index contributed by atoms with van der Waals surface area (Å²) in [5, 5.41) is 23.7. The van der Waals surface area contributed by atoms with Gasteiger partial charge in [0.1, 0.15) is 11.5 Å². The highest BCUT2D eigenvalue weighted by atomic mass is 19.4. The highest BCUT2D eigenvalue weighted by Crippen LogP contribution is 2.32. The molecule has 2 atom stereocenters. The lowest BCUT2D eigenvalue weighted by molar-refractivity contribution is -0.275. The van der Waals surface area contributed by atoms with Crippen molar-refractivity contribution in [1.82, 2.24) is 39.6 Å². The molecule has 0 aliphatic carbocycles. The summed E-state index contributed by atoms with van der Waals surface area (Å²) in [7, 11) is 2.78. The summed E-state index contributed by atoms with van der Waals surface area (Å²) in [4.78, 5) is 0. The highest BCUT2D eigenvalue weighted by molar-refractivity contribution is 5.66. The van der Waals surface area contributed by atoms with Crippen molar-refractivity contribution in [1.29, 1.82) is 0 Å². The Morgan fingerprint density at radius 1 is 0.589 bits per heavy atom. The zero-order chi connectivity index (χ0) is 41.8. The normalized spacial score (nSPS) is 12.4. The number of ether oxygens (including phenoxy) is 4. The minimum atomic E-state index is -4.81. The minimum absolute atomic E-state index is 0.0344. The largest absolute Gasteiger partial charge is 0.573 e. The molecule has 0 N–H and O–H groups in total. The molecular weight excluding hydrogens is 760 g/mol. The Bertz CT molecular complexity index is 2150. The first-order chi connectivity index (χ1) is 26.6. The number of benzene rings is 2. The number of nitrogens with zero attached hydrogens (tertiary/aromatic N) is 8. The van der Waals surface area contributed by atoms with Crippen molar-refractivity contribution in [3.8, 4) is 34.0 Å². The van der Waals surface area contributed by atoms with Crippen molar-refractivity contribution in [2.45, 2.75) is 79.8 Å². The van der Waals surface area contributed by atoms with Gasteiger partial charge in [0.15, 0.2) is 35.3 Å². The summed E-state index contributed by atoms with van der Waals surface area (Å²) in [5.74, 6) is -0.647. The van der Waals surface area contributed by atoms with Crippen molar-refractivity contribution >= 4 is 11.3 Å². The zero-order valence-corrected chi connectivity index (χ0v) is 31.6. The van der Waals surface area contributed by atoms with Crippen molar-refractivity contribution in [2.75, 3.05) is 14.2 Å². The van der Waals surface area contributed by atoms with Crippen LogP contribution in [0.15, 0.2) is 60.7 Å². The number of alkyl halides is 8. The number of aromatic nitrogens is 8. The number of hydrogen-bond donors (Lipinski definition) is 0. The lowest BCUT2D eigenvalue weighted by atomic mass is 10.0. The molecule has 0 aliphatic heterocycles. The Balaban J connectivity index is 0.000000276. The molecule has 2 unspecified atom stereocenters. The van der Waals surface area contributed by atoms with E-state index in [1.165, 1.54) is 73.5 Å². The second kappa shape index (κ2) is 19.9. The van der Waals surface area contributed by atoms with Crippen molar-refractivity contribution < 1.29 is 54.1 Å². The molecule has 2 aromatic carbocycles. The van der Waals surface area contributed by atoms with E-state index in [2.05, 4.69) is 40.1 Å². The van der Waals surface area contributed by atoms with Crippen LogP contribution in [0.5, 0.6) is 11.5 Å². The molecule has 0 aliphatic rings. The van der Waals surface area contributed by atoms with Gasteiger partial charge in [-0.15, -0.1) is 46.7 Å². The van der Waals surface area contributed by atoms with E-state index in [-0.39, 0.29) is 41.9 Å². The van der Waals surface area contributed by atoms with Crippen LogP contribution < -0.4 is 9.47 Å². The number of fused-ring (bicyclic) bond motifs is 2. The maximum atomic E-state index is 13.6. The maximum Gasteiger partial charge on any atom is 0.573 e. The summed E-state index contributed by atoms with van der Waals surface area (Å²) < 4.78 is 123. The summed E-state index contributed by atoms with van der Waals surface area (Å²) in [5.41, 5.74) is 3.21. The average Bonchev–Trinajstić information content (AvgIpc) is 3.78. The molecule has 0 saturated heterocycles. The summed E-state index contributed by atoms with van der Waals surface area (Å²) in [6.45, 7) is 10.6. The number of halogens is 8. The Morgan fingerprint density at radius 3 is 1.59 bits per heavy atom. The molecule has 0 bridgehead atoms. The van der Waals surface area contributed by atoms with Crippen LogP contribution in [0.2, 0.25) is 0 Å². The molecule has 6 rings (SSSR count). The Morgan fingerprint density at radius 2 is 1.09 bits per heavy atom. The Labute approximate surface area is 316 Å². The van der Waals surface area contributed by atoms with Crippen molar-refractivity contribution in [3.05, 3.63) is 83.4 Å². The molecular formula is C36H40F8N8O4. The molecule has 12 nitrogen and oxygen atoms in total. The van der Waals surface area contributed by atoms with Crippen LogP contribution in [0.4, 0.5) is 35.1 Å². The first kappa shape index (κ1) is 44.9. The second-order valence-corrected chi connectivity index (χ2v) is 10.9. The van der Waals surface area contributed by atoms with Crippen LogP contribution in [0, 0.1) is 0 Å². The molecule has 4 heterocycles. The molecule has 0 amide bonds. The molecule has 0 radical (unpaired) electrons. The first-order valence-corrected chi connectivity index (χ1v) is 17.1. The number of methoxy groups -OCH3 is 2. The van der Waals surface area contributed by atoms with Gasteiger partial charge in [0.25, 0.3) is 0 Å². The molecule has 56 heavy (non-hydrogen) atoms. The molecule has 304 valence electrons. The minimum Gasteiger partial charge on any atom is -0.406 e. The first-order valence-electron chi connectivity index (χ1n) is 17.1. The fourth-order valence-electron chi connectivity index (χ4n) is 4.93. The van der Waals surface area contributed by atoms with Gasteiger partial charge in [-0.25, -0.2) is 8.78 Å². The van der Waals surface area contributed by atoms with Gasteiger partial charge in [-0.05, 0) is 80.1 Å². The summed E-state index contributed by atoms with van der Waals surface area (Å²) in [6, 6.07) is 14.4.